The molecule has 4 aromatic rings. The Morgan fingerprint density at radius 1 is 0.759 bits per heavy atom. The zero-order valence-corrected chi connectivity index (χ0v) is 32.2. The van der Waals surface area contributed by atoms with Crippen molar-refractivity contribution in [2.45, 2.75) is 79.1 Å². The maximum Gasteiger partial charge on any atom is 0.330 e. The number of ether oxygens (including phenoxy) is 6. The first-order chi connectivity index (χ1) is 26.1. The number of nitrogens with one attached hydrogen (secondary N) is 1. The van der Waals surface area contributed by atoms with Gasteiger partial charge in [0.2, 0.25) is 0 Å². The van der Waals surface area contributed by atoms with Crippen LogP contribution < -0.4 is 18.9 Å². The van der Waals surface area contributed by atoms with E-state index in [1.807, 2.05) is 78.9 Å². The van der Waals surface area contributed by atoms with Gasteiger partial charge >= 0.3 is 5.97 Å². The van der Waals surface area contributed by atoms with Crippen molar-refractivity contribution in [3.63, 3.8) is 0 Å². The van der Waals surface area contributed by atoms with Crippen LogP contribution in [0.1, 0.15) is 76.5 Å². The van der Waals surface area contributed by atoms with Crippen LogP contribution in [0.2, 0.25) is 0 Å². The summed E-state index contributed by atoms with van der Waals surface area (Å²) in [4.78, 5) is 11.1. The van der Waals surface area contributed by atoms with Gasteiger partial charge in [-0.3, -0.25) is 0 Å². The normalized spacial score (nSPS) is 13.3. The van der Waals surface area contributed by atoms with Gasteiger partial charge < -0.3 is 33.8 Å². The van der Waals surface area contributed by atoms with Crippen LogP contribution in [0.25, 0.3) is 11.1 Å². The Bertz CT molecular complexity index is 1790. The third-order valence-corrected chi connectivity index (χ3v) is 10.3. The van der Waals surface area contributed by atoms with E-state index in [-0.39, 0.29) is 11.5 Å². The number of esters is 1. The SMILES string of the molecule is C=CC(=O)OCCCOc1ccc(-c2ccc(COc3ccc(OCc4ccc(OCCCOC(C)C(C)(C)C5CCC5)cc4)c(C(C)=N)c3)cc2)cc1. The molecule has 0 aromatic heterocycles. The van der Waals surface area contributed by atoms with Gasteiger partial charge in [-0.05, 0) is 103 Å². The Morgan fingerprint density at radius 3 is 1.87 bits per heavy atom. The van der Waals surface area contributed by atoms with Crippen LogP contribution in [0.15, 0.2) is 104 Å². The minimum absolute atomic E-state index is 0.225. The molecule has 1 N–H and O–H groups in total. The van der Waals surface area contributed by atoms with Crippen LogP contribution in [0.5, 0.6) is 23.0 Å². The molecule has 1 fully saturated rings. The predicted molar refractivity (Wildman–Crippen MR) is 214 cm³/mol. The van der Waals surface area contributed by atoms with E-state index in [2.05, 4.69) is 39.5 Å². The second-order valence-corrected chi connectivity index (χ2v) is 14.5. The molecule has 0 aliphatic heterocycles. The van der Waals surface area contributed by atoms with Gasteiger partial charge in [-0.25, -0.2) is 4.79 Å². The quantitative estimate of drug-likeness (QED) is 0.0372. The highest BCUT2D eigenvalue weighted by molar-refractivity contribution is 5.99. The molecule has 1 saturated carbocycles. The fraction of sp³-hybridized carbons (Fsp3) is 0.391. The lowest BCUT2D eigenvalue weighted by Crippen LogP contribution is -2.40. The van der Waals surface area contributed by atoms with E-state index in [1.54, 1.807) is 6.92 Å². The lowest BCUT2D eigenvalue weighted by Gasteiger charge is -2.44. The topological polar surface area (TPSA) is 96.3 Å². The Kier molecular flexibility index (Phi) is 14.7. The van der Waals surface area contributed by atoms with Crippen molar-refractivity contribution >= 4 is 11.7 Å². The predicted octanol–water partition coefficient (Wildman–Crippen LogP) is 10.4. The van der Waals surface area contributed by atoms with Crippen LogP contribution in [0.3, 0.4) is 0 Å². The van der Waals surface area contributed by atoms with E-state index in [0.717, 1.165) is 52.2 Å². The van der Waals surface area contributed by atoms with Crippen molar-refractivity contribution in [2.75, 3.05) is 26.4 Å². The van der Waals surface area contributed by atoms with E-state index in [9.17, 15) is 4.79 Å². The van der Waals surface area contributed by atoms with Crippen LogP contribution >= 0.6 is 0 Å². The van der Waals surface area contributed by atoms with Gasteiger partial charge in [-0.1, -0.05) is 75.4 Å². The molecule has 0 radical (unpaired) electrons. The lowest BCUT2D eigenvalue weighted by atomic mass is 9.65. The van der Waals surface area contributed by atoms with Gasteiger partial charge in [0.15, 0.2) is 0 Å². The van der Waals surface area contributed by atoms with Crippen molar-refractivity contribution in [3.8, 4) is 34.1 Å². The van der Waals surface area contributed by atoms with Crippen LogP contribution in [0, 0.1) is 16.7 Å². The van der Waals surface area contributed by atoms with Crippen molar-refractivity contribution < 1.29 is 33.2 Å². The molecule has 286 valence electrons. The molecule has 0 amide bonds. The van der Waals surface area contributed by atoms with Crippen molar-refractivity contribution in [3.05, 3.63) is 120 Å². The molecule has 0 bridgehead atoms. The number of rotatable bonds is 22. The zero-order chi connectivity index (χ0) is 38.3. The van der Waals surface area contributed by atoms with E-state index in [0.29, 0.717) is 68.8 Å². The molecule has 0 heterocycles. The Hall–Kier alpha value is -5.08. The summed E-state index contributed by atoms with van der Waals surface area (Å²) in [6.07, 6.45) is 6.85. The molecular weight excluding hydrogens is 679 g/mol. The standard InChI is InChI=1S/C46H55NO7/c1-6-45(48)52-29-9-28-51-41-22-18-38(19-23-41)37-16-12-35(13-17-37)31-53-42-24-25-44(43(30-42)33(2)47)54-32-36-14-20-40(21-15-36)50-27-8-26-49-34(3)46(4,5)39-10-7-11-39/h6,12-25,30,34,39,47H,1,7-11,26-29,31-32H2,2-5H3. The van der Waals surface area contributed by atoms with E-state index in [1.165, 1.54) is 19.3 Å². The molecule has 0 spiro atoms. The maximum absolute atomic E-state index is 11.1. The number of carbonyl (C=O) groups is 1. The fourth-order valence-corrected chi connectivity index (χ4v) is 6.25. The summed E-state index contributed by atoms with van der Waals surface area (Å²) in [6.45, 7) is 14.8. The Morgan fingerprint density at radius 2 is 1.30 bits per heavy atom. The molecule has 1 unspecified atom stereocenters. The van der Waals surface area contributed by atoms with Gasteiger partial charge in [-0.15, -0.1) is 0 Å². The first kappa shape index (κ1) is 40.1. The minimum atomic E-state index is -0.426. The molecule has 1 aliphatic carbocycles. The fourth-order valence-electron chi connectivity index (χ4n) is 6.25. The molecular formula is C46H55NO7. The number of hydrogen-bond acceptors (Lipinski definition) is 8. The molecule has 8 heteroatoms. The summed E-state index contributed by atoms with van der Waals surface area (Å²) in [7, 11) is 0. The third kappa shape index (κ3) is 11.7. The monoisotopic (exact) mass is 733 g/mol. The van der Waals surface area contributed by atoms with Gasteiger partial charge in [0.05, 0.1) is 32.5 Å². The first-order valence-electron chi connectivity index (χ1n) is 19.0. The average molecular weight is 734 g/mol. The van der Waals surface area contributed by atoms with E-state index >= 15 is 0 Å². The average Bonchev–Trinajstić information content (AvgIpc) is 3.16. The van der Waals surface area contributed by atoms with Gasteiger partial charge in [-0.2, -0.15) is 0 Å². The van der Waals surface area contributed by atoms with Crippen molar-refractivity contribution in [1.29, 1.82) is 5.41 Å². The Labute approximate surface area is 320 Å². The smallest absolute Gasteiger partial charge is 0.330 e. The molecule has 54 heavy (non-hydrogen) atoms. The van der Waals surface area contributed by atoms with E-state index < -0.39 is 5.97 Å². The zero-order valence-electron chi connectivity index (χ0n) is 32.2. The highest BCUT2D eigenvalue weighted by Crippen LogP contribution is 2.44. The second kappa shape index (κ2) is 19.8. The summed E-state index contributed by atoms with van der Waals surface area (Å²) >= 11 is 0. The molecule has 0 saturated heterocycles. The summed E-state index contributed by atoms with van der Waals surface area (Å²) in [6, 6.07) is 29.7. The number of carbonyl (C=O) groups excluding carboxylic acids is 1. The van der Waals surface area contributed by atoms with Gasteiger partial charge in [0, 0.05) is 30.2 Å². The minimum Gasteiger partial charge on any atom is -0.494 e. The van der Waals surface area contributed by atoms with Crippen molar-refractivity contribution in [2.24, 2.45) is 11.3 Å². The lowest BCUT2D eigenvalue weighted by molar-refractivity contribution is -0.137. The molecule has 1 aliphatic rings. The molecule has 5 rings (SSSR count). The number of hydrogen-bond donors (Lipinski definition) is 1. The second-order valence-electron chi connectivity index (χ2n) is 14.5. The summed E-state index contributed by atoms with van der Waals surface area (Å²) in [5.41, 5.74) is 5.52. The van der Waals surface area contributed by atoms with Crippen LogP contribution in [0.4, 0.5) is 0 Å². The summed E-state index contributed by atoms with van der Waals surface area (Å²) in [5.74, 6) is 3.25. The maximum atomic E-state index is 11.1. The third-order valence-electron chi connectivity index (χ3n) is 10.3. The summed E-state index contributed by atoms with van der Waals surface area (Å²) in [5, 5.41) is 8.36. The van der Waals surface area contributed by atoms with Crippen LogP contribution in [-0.4, -0.2) is 44.2 Å². The van der Waals surface area contributed by atoms with Crippen LogP contribution in [-0.2, 0) is 27.5 Å². The highest BCUT2D eigenvalue weighted by Gasteiger charge is 2.38. The summed E-state index contributed by atoms with van der Waals surface area (Å²) < 4.78 is 35.1. The van der Waals surface area contributed by atoms with Gasteiger partial charge in [0.1, 0.15) is 36.2 Å². The molecule has 1 atom stereocenters. The largest absolute Gasteiger partial charge is 0.494 e. The van der Waals surface area contributed by atoms with E-state index in [4.69, 9.17) is 33.8 Å². The Balaban J connectivity index is 1.03. The van der Waals surface area contributed by atoms with Gasteiger partial charge in [0.25, 0.3) is 0 Å². The van der Waals surface area contributed by atoms with Crippen molar-refractivity contribution in [1.82, 2.24) is 0 Å². The first-order valence-corrected chi connectivity index (χ1v) is 19.0. The number of benzene rings is 4. The highest BCUT2D eigenvalue weighted by atomic mass is 16.5. The molecule has 4 aromatic carbocycles. The molecule has 8 nitrogen and oxygen atoms in total.